The summed E-state index contributed by atoms with van der Waals surface area (Å²) >= 11 is 0. The number of carbonyl (C=O) groups excluding carboxylic acids is 1. The van der Waals surface area contributed by atoms with Gasteiger partial charge in [-0.1, -0.05) is 0 Å². The molecule has 106 valence electrons. The predicted molar refractivity (Wildman–Crippen MR) is 69.7 cm³/mol. The number of nitrogens with zero attached hydrogens (tertiary/aromatic N) is 4. The Kier molecular flexibility index (Phi) is 4.73. The maximum absolute atomic E-state index is 12.0. The third-order valence-electron chi connectivity index (χ3n) is 3.30. The highest BCUT2D eigenvalue weighted by molar-refractivity contribution is 5.74. The number of rotatable bonds is 5. The summed E-state index contributed by atoms with van der Waals surface area (Å²) in [5, 5.41) is 10.9. The van der Waals surface area contributed by atoms with Crippen LogP contribution in [0.5, 0.6) is 0 Å². The Hall–Kier alpha value is -1.63. The third kappa shape index (κ3) is 3.44. The molecule has 19 heavy (non-hydrogen) atoms. The normalized spacial score (nSPS) is 16.6. The number of hydrogen-bond acceptors (Lipinski definition) is 4. The Morgan fingerprint density at radius 1 is 1.53 bits per heavy atom. The number of nitrogens with one attached hydrogen (secondary N) is 1. The maximum atomic E-state index is 12.0. The number of urea groups is 1. The Balaban J connectivity index is 1.93. The van der Waals surface area contributed by atoms with Crippen LogP contribution in [0.2, 0.25) is 0 Å². The van der Waals surface area contributed by atoms with Crippen LogP contribution in [0.15, 0.2) is 6.33 Å². The molecule has 2 heterocycles. The minimum atomic E-state index is -0.160. The van der Waals surface area contributed by atoms with Gasteiger partial charge in [0.2, 0.25) is 0 Å². The van der Waals surface area contributed by atoms with Crippen LogP contribution in [0.25, 0.3) is 0 Å². The van der Waals surface area contributed by atoms with Gasteiger partial charge in [0.05, 0.1) is 12.6 Å². The fraction of sp³-hybridized carbons (Fsp3) is 0.750. The topological polar surface area (TPSA) is 72.3 Å². The zero-order chi connectivity index (χ0) is 13.7. The molecular weight excluding hydrogens is 246 g/mol. The molecule has 1 aliphatic rings. The van der Waals surface area contributed by atoms with Gasteiger partial charge in [0.15, 0.2) is 5.82 Å². The summed E-state index contributed by atoms with van der Waals surface area (Å²) in [6.45, 7) is 4.88. The summed E-state index contributed by atoms with van der Waals surface area (Å²) in [4.78, 5) is 13.8. The second-order valence-corrected chi connectivity index (χ2v) is 4.74. The van der Waals surface area contributed by atoms with Crippen molar-refractivity contribution >= 4 is 6.03 Å². The van der Waals surface area contributed by atoms with E-state index in [1.165, 1.54) is 0 Å². The SMILES string of the molecule is COCCn1cnnc1[C@H](C)NC(=O)N1CCCC1. The van der Waals surface area contributed by atoms with Crippen molar-refractivity contribution in [1.29, 1.82) is 0 Å². The van der Waals surface area contributed by atoms with Gasteiger partial charge in [-0.3, -0.25) is 0 Å². The highest BCUT2D eigenvalue weighted by Crippen LogP contribution is 2.12. The summed E-state index contributed by atoms with van der Waals surface area (Å²) in [7, 11) is 1.66. The van der Waals surface area contributed by atoms with Gasteiger partial charge in [-0.2, -0.15) is 0 Å². The summed E-state index contributed by atoms with van der Waals surface area (Å²) in [6, 6.07) is -0.182. The number of likely N-dealkylation sites (tertiary alicyclic amines) is 1. The minimum absolute atomic E-state index is 0.0220. The maximum Gasteiger partial charge on any atom is 0.317 e. The van der Waals surface area contributed by atoms with Crippen molar-refractivity contribution in [3.63, 3.8) is 0 Å². The molecule has 1 aliphatic heterocycles. The van der Waals surface area contributed by atoms with Crippen LogP contribution in [-0.4, -0.2) is 52.5 Å². The van der Waals surface area contributed by atoms with Gasteiger partial charge in [-0.05, 0) is 19.8 Å². The zero-order valence-corrected chi connectivity index (χ0v) is 11.5. The number of aromatic nitrogens is 3. The molecule has 0 saturated carbocycles. The van der Waals surface area contributed by atoms with Gasteiger partial charge < -0.3 is 19.5 Å². The highest BCUT2D eigenvalue weighted by Gasteiger charge is 2.21. The van der Waals surface area contributed by atoms with Gasteiger partial charge >= 0.3 is 6.03 Å². The average Bonchev–Trinajstić information content (AvgIpc) is 3.07. The molecular formula is C12H21N5O2. The molecule has 0 spiro atoms. The van der Waals surface area contributed by atoms with Gasteiger partial charge in [-0.15, -0.1) is 10.2 Å². The van der Waals surface area contributed by atoms with Crippen LogP contribution in [-0.2, 0) is 11.3 Å². The Morgan fingerprint density at radius 3 is 2.95 bits per heavy atom. The van der Waals surface area contributed by atoms with Crippen molar-refractivity contribution < 1.29 is 9.53 Å². The zero-order valence-electron chi connectivity index (χ0n) is 11.5. The fourth-order valence-electron chi connectivity index (χ4n) is 2.22. The molecule has 7 nitrogen and oxygen atoms in total. The van der Waals surface area contributed by atoms with Crippen molar-refractivity contribution in [2.75, 3.05) is 26.8 Å². The highest BCUT2D eigenvalue weighted by atomic mass is 16.5. The van der Waals surface area contributed by atoms with Crippen molar-refractivity contribution in [2.45, 2.75) is 32.4 Å². The first-order chi connectivity index (χ1) is 9.22. The molecule has 1 fully saturated rings. The van der Waals surface area contributed by atoms with Crippen LogP contribution >= 0.6 is 0 Å². The largest absolute Gasteiger partial charge is 0.383 e. The fourth-order valence-corrected chi connectivity index (χ4v) is 2.22. The van der Waals surface area contributed by atoms with Crippen molar-refractivity contribution in [1.82, 2.24) is 25.0 Å². The third-order valence-corrected chi connectivity index (χ3v) is 3.30. The molecule has 0 aliphatic carbocycles. The van der Waals surface area contributed by atoms with Gasteiger partial charge in [0.25, 0.3) is 0 Å². The molecule has 1 N–H and O–H groups in total. The Morgan fingerprint density at radius 2 is 2.26 bits per heavy atom. The molecule has 1 saturated heterocycles. The summed E-state index contributed by atoms with van der Waals surface area (Å²) < 4.78 is 6.94. The molecule has 1 aromatic heterocycles. The van der Waals surface area contributed by atoms with Crippen LogP contribution in [0.3, 0.4) is 0 Å². The average molecular weight is 267 g/mol. The second-order valence-electron chi connectivity index (χ2n) is 4.74. The minimum Gasteiger partial charge on any atom is -0.383 e. The first-order valence-electron chi connectivity index (χ1n) is 6.64. The van der Waals surface area contributed by atoms with Crippen molar-refractivity contribution in [2.24, 2.45) is 0 Å². The van der Waals surface area contributed by atoms with Crippen LogP contribution in [0, 0.1) is 0 Å². The van der Waals surface area contributed by atoms with E-state index in [-0.39, 0.29) is 12.1 Å². The molecule has 0 unspecified atom stereocenters. The molecule has 1 aromatic rings. The van der Waals surface area contributed by atoms with E-state index in [1.54, 1.807) is 13.4 Å². The molecule has 2 rings (SSSR count). The summed E-state index contributed by atoms with van der Waals surface area (Å²) in [5.41, 5.74) is 0. The van der Waals surface area contributed by atoms with E-state index < -0.39 is 0 Å². The first-order valence-corrected chi connectivity index (χ1v) is 6.64. The van der Waals surface area contributed by atoms with E-state index in [0.29, 0.717) is 13.2 Å². The van der Waals surface area contributed by atoms with E-state index in [2.05, 4.69) is 15.5 Å². The summed E-state index contributed by atoms with van der Waals surface area (Å²) in [5.74, 6) is 0.754. The first kappa shape index (κ1) is 13.8. The van der Waals surface area contributed by atoms with Crippen LogP contribution < -0.4 is 5.32 Å². The molecule has 1 atom stereocenters. The number of carbonyl (C=O) groups is 1. The van der Waals surface area contributed by atoms with E-state index in [4.69, 9.17) is 4.74 Å². The van der Waals surface area contributed by atoms with E-state index in [1.807, 2.05) is 16.4 Å². The van der Waals surface area contributed by atoms with Crippen LogP contribution in [0.1, 0.15) is 31.6 Å². The van der Waals surface area contributed by atoms with E-state index >= 15 is 0 Å². The van der Waals surface area contributed by atoms with Gasteiger partial charge in [0.1, 0.15) is 6.33 Å². The van der Waals surface area contributed by atoms with Gasteiger partial charge in [0, 0.05) is 26.7 Å². The quantitative estimate of drug-likeness (QED) is 0.856. The standard InChI is InChI=1S/C12H21N5O2/c1-10(14-12(18)16-5-3-4-6-16)11-15-13-9-17(11)7-8-19-2/h9-10H,3-8H2,1-2H3,(H,14,18)/t10-/m0/s1. The molecule has 7 heteroatoms. The number of hydrogen-bond donors (Lipinski definition) is 1. The van der Waals surface area contributed by atoms with Crippen molar-refractivity contribution in [3.8, 4) is 0 Å². The number of amides is 2. The monoisotopic (exact) mass is 267 g/mol. The summed E-state index contributed by atoms with van der Waals surface area (Å²) in [6.07, 6.45) is 3.84. The predicted octanol–water partition coefficient (Wildman–Crippen LogP) is 0.791. The number of methoxy groups -OCH3 is 1. The second kappa shape index (κ2) is 6.51. The Labute approximate surface area is 112 Å². The molecule has 0 bridgehead atoms. The smallest absolute Gasteiger partial charge is 0.317 e. The lowest BCUT2D eigenvalue weighted by molar-refractivity contribution is 0.185. The molecule has 0 aromatic carbocycles. The Bertz CT molecular complexity index is 414. The lowest BCUT2D eigenvalue weighted by Crippen LogP contribution is -2.39. The van der Waals surface area contributed by atoms with Crippen molar-refractivity contribution in [3.05, 3.63) is 12.2 Å². The van der Waals surface area contributed by atoms with E-state index in [0.717, 1.165) is 31.8 Å². The molecule has 2 amide bonds. The molecule has 0 radical (unpaired) electrons. The lowest BCUT2D eigenvalue weighted by atomic mass is 10.3. The van der Waals surface area contributed by atoms with Gasteiger partial charge in [-0.25, -0.2) is 4.79 Å². The lowest BCUT2D eigenvalue weighted by Gasteiger charge is -2.20. The number of ether oxygens (including phenoxy) is 1. The van der Waals surface area contributed by atoms with Crippen LogP contribution in [0.4, 0.5) is 4.79 Å². The van der Waals surface area contributed by atoms with E-state index in [9.17, 15) is 4.79 Å².